The first kappa shape index (κ1) is 88.0. The van der Waals surface area contributed by atoms with E-state index in [4.69, 9.17) is 52.2 Å². The predicted octanol–water partition coefficient (Wildman–Crippen LogP) is 4.53. The van der Waals surface area contributed by atoms with E-state index < -0.39 is 150 Å². The Balaban J connectivity index is 1.02. The molecule has 33 heteroatoms. The number of carbonyl (C=O) groups excluding carboxylic acids is 6. The van der Waals surface area contributed by atoms with E-state index in [9.17, 15) is 64.5 Å². The van der Waals surface area contributed by atoms with Crippen LogP contribution in [0.5, 0.6) is 17.2 Å². The standard InChI is InChI=1S/C75H100IN5O24S3/c1-14-81(44(8)85)49-37-99-57(32-53(49)95-11)104-70-66(92)62(80-105-58-31-50(86)71(43(7)100-58)107-72(93)59-40(4)61(76)68(47(35-82)67(59)96-12)102-54-30-38(2)64(90)69(97-13)65(54)91)42(6)101-73(70)103-52-21-17-15-16-18-27-75(94)33-51(87)63(77-56(89)36-83)60(52)48(75)26-29-106-108-74(9,10)34-55(88)79-78-41(5)45-22-24-46(25-23-45)98-28-19-20-39(3)84/h15-16,22-26,38,42-43,49-50,52-54,57-58,62,64-66,69-71,73,80,82-83,86,90-92,94H,14,19-20,28-37H2,1-13H3,(H,77,89)(H,79,88)/b16-15-,48-26+,78-41+/t38?,42?,43?,49-,50+,52-,53+,54+,57-,58-,62+,64-,65?,66+,69-,70?,71+,73-,75?/m0/s1. The van der Waals surface area contributed by atoms with E-state index in [1.165, 1.54) is 68.9 Å². The Labute approximate surface area is 654 Å². The molecule has 19 atom stereocenters. The van der Waals surface area contributed by atoms with Crippen LogP contribution in [0.4, 0.5) is 0 Å². The van der Waals surface area contributed by atoms with Crippen LogP contribution in [0.3, 0.4) is 0 Å². The zero-order chi connectivity index (χ0) is 79.1. The lowest BCUT2D eigenvalue weighted by molar-refractivity contribution is -0.337. The molecule has 2 aromatic carbocycles. The Bertz CT molecular complexity index is 3790. The molecular weight excluding hydrogens is 1580 g/mol. The van der Waals surface area contributed by atoms with Crippen molar-refractivity contribution < 1.29 is 117 Å². The quantitative estimate of drug-likeness (QED) is 0.0120. The second kappa shape index (κ2) is 40.2. The summed E-state index contributed by atoms with van der Waals surface area (Å²) in [7, 11) is 6.85. The molecule has 6 aliphatic rings. The van der Waals surface area contributed by atoms with Crippen molar-refractivity contribution in [2.24, 2.45) is 11.0 Å². The van der Waals surface area contributed by atoms with E-state index >= 15 is 0 Å². The van der Waals surface area contributed by atoms with Crippen molar-refractivity contribution in [3.05, 3.63) is 85.2 Å². The lowest BCUT2D eigenvalue weighted by Crippen LogP contribution is -2.65. The van der Waals surface area contributed by atoms with E-state index in [0.29, 0.717) is 46.6 Å². The monoisotopic (exact) mass is 1680 g/mol. The molecular formula is C75H100IN5O24S3. The van der Waals surface area contributed by atoms with Crippen molar-refractivity contribution in [2.75, 3.05) is 53.4 Å². The number of fused-ring (bicyclic) bond motifs is 2. The van der Waals surface area contributed by atoms with Crippen LogP contribution in [-0.4, -0.2) is 248 Å². The number of hydrazone groups is 1. The molecule has 8 rings (SSSR count). The van der Waals surface area contributed by atoms with Crippen molar-refractivity contribution >= 4 is 96.1 Å². The lowest BCUT2D eigenvalue weighted by Gasteiger charge is -2.47. The van der Waals surface area contributed by atoms with Crippen LogP contribution in [0, 0.1) is 40.1 Å². The smallest absolute Gasteiger partial charge is 0.250 e. The molecule has 2 aromatic rings. The van der Waals surface area contributed by atoms with Gasteiger partial charge in [0.15, 0.2) is 30.3 Å². The molecule has 1 saturated carbocycles. The Morgan fingerprint density at radius 2 is 1.60 bits per heavy atom. The highest BCUT2D eigenvalue weighted by Gasteiger charge is 2.52. The maximum absolute atomic E-state index is 14.6. The number of Topliss-reactive ketones (excluding diaryl/α,β-unsaturated/α-hetero) is 2. The van der Waals surface area contributed by atoms with Gasteiger partial charge in [0.05, 0.1) is 107 Å². The summed E-state index contributed by atoms with van der Waals surface area (Å²) in [6, 6.07) is 5.44. The number of benzene rings is 2. The van der Waals surface area contributed by atoms with Crippen LogP contribution in [0.2, 0.25) is 0 Å². The molecule has 0 radical (unpaired) electrons. The number of nitrogens with one attached hydrogen (secondary N) is 3. The Morgan fingerprint density at radius 1 is 0.880 bits per heavy atom. The predicted molar refractivity (Wildman–Crippen MR) is 409 cm³/mol. The number of likely N-dealkylation sites (N-methyl/N-ethyl adjacent to an activating group) is 1. The highest BCUT2D eigenvalue weighted by Crippen LogP contribution is 2.47. The van der Waals surface area contributed by atoms with Crippen LogP contribution < -0.4 is 30.4 Å². The minimum atomic E-state index is -2.25. The van der Waals surface area contributed by atoms with Gasteiger partial charge in [-0.2, -0.15) is 10.6 Å². The first-order valence-corrected chi connectivity index (χ1v) is 39.8. The normalized spacial score (nSPS) is 30.8. The lowest BCUT2D eigenvalue weighted by atomic mass is 9.75. The molecule has 3 saturated heterocycles. The SMILES string of the molecule is CCN(C(C)=O)[C@H]1CO[C@@H](OC2[C@H](O[C@H]3C#C/C=C\C#CC4(O)CC(=O)C(NC(=O)CO)=C3/C4=C\CSSC(C)(C)CC(=O)N/N=C(\C)c3ccc(OCCCC(C)=O)cc3)OC(C)[C@@H](NO[C@H]3C[C@@H](O)[C@H](SC(=O)c4c(C)c(I)c(O[C@@H]5CC(C)[C@H](O)[C@H](OC)C5O)c(CO)c4OC)C(C)O3)[C@H]2O)C[C@H]1OC. The van der Waals surface area contributed by atoms with E-state index in [-0.39, 0.29) is 101 Å². The Hall–Kier alpha value is -5.59. The number of halogens is 1. The molecule has 29 nitrogen and oxygen atoms in total. The number of aliphatic hydroxyl groups excluding tert-OH is 6. The van der Waals surface area contributed by atoms with Crippen molar-refractivity contribution in [3.63, 3.8) is 0 Å². The number of thioether (sulfide) groups is 1. The van der Waals surface area contributed by atoms with Crippen LogP contribution in [0.1, 0.15) is 134 Å². The average Bonchev–Trinajstić information content (AvgIpc) is 0.755. The van der Waals surface area contributed by atoms with Crippen molar-refractivity contribution in [1.82, 2.24) is 21.1 Å². The van der Waals surface area contributed by atoms with Gasteiger partial charge < -0.3 is 98.1 Å². The number of aliphatic hydroxyl groups is 7. The summed E-state index contributed by atoms with van der Waals surface area (Å²) in [5, 5.41) is 85.6. The van der Waals surface area contributed by atoms with Crippen molar-refractivity contribution in [1.29, 1.82) is 0 Å². The first-order valence-electron chi connectivity index (χ1n) is 35.6. The molecule has 108 heavy (non-hydrogen) atoms. The molecule has 0 spiro atoms. The van der Waals surface area contributed by atoms with E-state index in [1.54, 1.807) is 57.7 Å². The second-order valence-electron chi connectivity index (χ2n) is 27.7. The van der Waals surface area contributed by atoms with Crippen LogP contribution in [-0.2, 0) is 68.6 Å². The van der Waals surface area contributed by atoms with Gasteiger partial charge in [0.2, 0.25) is 22.8 Å². The number of allylic oxidation sites excluding steroid dienone is 3. The maximum atomic E-state index is 14.6. The highest BCUT2D eigenvalue weighted by molar-refractivity contribution is 14.1. The summed E-state index contributed by atoms with van der Waals surface area (Å²) < 4.78 is 61.9. The minimum absolute atomic E-state index is 0.00562. The fourth-order valence-corrected chi connectivity index (χ4v) is 17.8. The van der Waals surface area contributed by atoms with Crippen molar-refractivity contribution in [3.8, 4) is 40.9 Å². The van der Waals surface area contributed by atoms with Gasteiger partial charge in [0, 0.05) is 75.0 Å². The van der Waals surface area contributed by atoms with Gasteiger partial charge in [-0.05, 0) is 144 Å². The number of methoxy groups -OCH3 is 3. The molecule has 3 amide bonds. The molecule has 2 bridgehead atoms. The molecule has 594 valence electrons. The summed E-state index contributed by atoms with van der Waals surface area (Å²) in [4.78, 5) is 87.7. The van der Waals surface area contributed by atoms with Gasteiger partial charge in [0.25, 0.3) is 0 Å². The topological polar surface area (TPSA) is 397 Å². The molecule has 3 aliphatic heterocycles. The average molecular weight is 1680 g/mol. The fourth-order valence-electron chi connectivity index (χ4n) is 13.6. The largest absolute Gasteiger partial charge is 0.495 e. The molecule has 6 unspecified atom stereocenters. The van der Waals surface area contributed by atoms with Gasteiger partial charge in [0.1, 0.15) is 66.3 Å². The number of hydroxylamine groups is 1. The van der Waals surface area contributed by atoms with E-state index in [0.717, 1.165) is 17.3 Å². The number of nitrogens with zero attached hydrogens (tertiary/aromatic N) is 2. The number of hydrogen-bond donors (Lipinski definition) is 10. The maximum Gasteiger partial charge on any atom is 0.250 e. The van der Waals surface area contributed by atoms with Gasteiger partial charge in [-0.25, -0.2) is 5.43 Å². The van der Waals surface area contributed by atoms with Crippen LogP contribution in [0.25, 0.3) is 0 Å². The molecule has 3 heterocycles. The molecule has 10 N–H and O–H groups in total. The molecule has 4 fully saturated rings. The third kappa shape index (κ3) is 22.0. The number of ketones is 2. The summed E-state index contributed by atoms with van der Waals surface area (Å²) in [5.74, 6) is 9.74. The Morgan fingerprint density at radius 3 is 2.25 bits per heavy atom. The zero-order valence-electron chi connectivity index (χ0n) is 62.7. The number of carbonyl (C=O) groups is 6. The van der Waals surface area contributed by atoms with Gasteiger partial charge >= 0.3 is 0 Å². The van der Waals surface area contributed by atoms with Crippen LogP contribution >= 0.6 is 55.9 Å². The van der Waals surface area contributed by atoms with Crippen LogP contribution in [0.15, 0.2) is 64.4 Å². The summed E-state index contributed by atoms with van der Waals surface area (Å²) in [6.45, 7) is 16.0. The van der Waals surface area contributed by atoms with E-state index in [2.05, 4.69) is 45.0 Å². The second-order valence-corrected chi connectivity index (χ2v) is 33.0. The third-order valence-corrected chi connectivity index (χ3v) is 25.1. The number of rotatable bonds is 32. The van der Waals surface area contributed by atoms with Gasteiger partial charge in [-0.15, -0.1) is 0 Å². The summed E-state index contributed by atoms with van der Waals surface area (Å²) >= 11 is 2.80. The summed E-state index contributed by atoms with van der Waals surface area (Å²) in [5.41, 5.74) is 4.67. The first-order chi connectivity index (χ1) is 51.3. The number of amides is 3. The zero-order valence-corrected chi connectivity index (χ0v) is 67.3. The Kier molecular flexibility index (Phi) is 32.8. The highest BCUT2D eigenvalue weighted by atomic mass is 127. The summed E-state index contributed by atoms with van der Waals surface area (Å²) in [6.07, 6.45) is -12.0. The number of hydrogen-bond acceptors (Lipinski definition) is 29. The van der Waals surface area contributed by atoms with Crippen molar-refractivity contribution in [2.45, 2.75) is 234 Å². The number of ether oxygens (including phenoxy) is 10. The molecule has 3 aliphatic carbocycles. The minimum Gasteiger partial charge on any atom is -0.495 e. The van der Waals surface area contributed by atoms with Gasteiger partial charge in [-0.1, -0.05) is 70.0 Å². The van der Waals surface area contributed by atoms with E-state index in [1.807, 2.05) is 55.5 Å². The third-order valence-electron chi connectivity index (χ3n) is 19.3. The molecule has 0 aromatic heterocycles. The fraction of sp³-hybridized carbons (Fsp3) is 0.613. The van der Waals surface area contributed by atoms with Gasteiger partial charge in [-0.3, -0.25) is 28.8 Å².